The molecule has 2 aliphatic rings. The van der Waals surface area contributed by atoms with Crippen LogP contribution in [0.3, 0.4) is 0 Å². The van der Waals surface area contributed by atoms with Crippen LogP contribution in [0.1, 0.15) is 30.1 Å². The molecule has 1 fully saturated rings. The topological polar surface area (TPSA) is 29.5 Å². The van der Waals surface area contributed by atoms with E-state index in [2.05, 4.69) is 0 Å². The van der Waals surface area contributed by atoms with Gasteiger partial charge in [-0.3, -0.25) is 0 Å². The number of aromatic hydroxyl groups is 1. The first-order valence-electron chi connectivity index (χ1n) is 4.78. The van der Waals surface area contributed by atoms with Gasteiger partial charge in [-0.2, -0.15) is 0 Å². The maximum atomic E-state index is 9.28. The molecule has 0 spiro atoms. The van der Waals surface area contributed by atoms with Gasteiger partial charge in [-0.1, -0.05) is 6.07 Å². The third-order valence-electron chi connectivity index (χ3n) is 2.90. The van der Waals surface area contributed by atoms with Crippen LogP contribution >= 0.6 is 0 Å². The molecule has 0 bridgehead atoms. The van der Waals surface area contributed by atoms with E-state index in [9.17, 15) is 5.11 Å². The molecule has 0 saturated heterocycles. The normalized spacial score (nSPS) is 26.0. The molecule has 1 atom stereocenters. The Bertz CT molecular complexity index is 342. The van der Waals surface area contributed by atoms with Gasteiger partial charge in [-0.15, -0.1) is 0 Å². The van der Waals surface area contributed by atoms with Crippen LogP contribution in [0.15, 0.2) is 18.2 Å². The molecule has 1 aliphatic carbocycles. The van der Waals surface area contributed by atoms with E-state index in [4.69, 9.17) is 4.74 Å². The van der Waals surface area contributed by atoms with Gasteiger partial charge in [0.1, 0.15) is 5.75 Å². The van der Waals surface area contributed by atoms with Gasteiger partial charge in [0, 0.05) is 0 Å². The monoisotopic (exact) mass is 176 g/mol. The second-order valence-corrected chi connectivity index (χ2v) is 3.95. The number of benzene rings is 1. The van der Waals surface area contributed by atoms with Crippen LogP contribution in [-0.2, 0) is 11.3 Å². The van der Waals surface area contributed by atoms with E-state index in [0.29, 0.717) is 18.5 Å². The van der Waals surface area contributed by atoms with Crippen molar-refractivity contribution in [2.75, 3.05) is 0 Å². The van der Waals surface area contributed by atoms with Crippen LogP contribution in [0.25, 0.3) is 0 Å². The molecule has 1 aromatic carbocycles. The summed E-state index contributed by atoms with van der Waals surface area (Å²) in [4.78, 5) is 0. The lowest BCUT2D eigenvalue weighted by Crippen LogP contribution is -1.97. The SMILES string of the molecule is Oc1ccc2c(c1)COC2C1CC1. The largest absolute Gasteiger partial charge is 0.508 e. The minimum absolute atomic E-state index is 0.315. The summed E-state index contributed by atoms with van der Waals surface area (Å²) in [5.74, 6) is 1.09. The third-order valence-corrected chi connectivity index (χ3v) is 2.90. The highest BCUT2D eigenvalue weighted by Crippen LogP contribution is 2.48. The van der Waals surface area contributed by atoms with Crippen LogP contribution in [0, 0.1) is 5.92 Å². The van der Waals surface area contributed by atoms with Crippen molar-refractivity contribution in [2.24, 2.45) is 5.92 Å². The van der Waals surface area contributed by atoms with E-state index >= 15 is 0 Å². The fraction of sp³-hybridized carbons (Fsp3) is 0.455. The number of phenolic OH excluding ortho intramolecular Hbond substituents is 1. The molecule has 1 saturated carbocycles. The van der Waals surface area contributed by atoms with Crippen molar-refractivity contribution < 1.29 is 9.84 Å². The molecule has 68 valence electrons. The Morgan fingerprint density at radius 3 is 2.92 bits per heavy atom. The zero-order valence-corrected chi connectivity index (χ0v) is 7.36. The Hall–Kier alpha value is -1.02. The summed E-state index contributed by atoms with van der Waals surface area (Å²) in [6.07, 6.45) is 2.91. The number of ether oxygens (including phenoxy) is 1. The predicted molar refractivity (Wildman–Crippen MR) is 48.4 cm³/mol. The molecular formula is C11H12O2. The summed E-state index contributed by atoms with van der Waals surface area (Å²) >= 11 is 0. The van der Waals surface area contributed by atoms with Gasteiger partial charge < -0.3 is 9.84 Å². The Morgan fingerprint density at radius 2 is 2.15 bits per heavy atom. The molecule has 3 rings (SSSR count). The number of phenols is 1. The van der Waals surface area contributed by atoms with Gasteiger partial charge >= 0.3 is 0 Å². The molecule has 1 N–H and O–H groups in total. The van der Waals surface area contributed by atoms with E-state index in [-0.39, 0.29) is 0 Å². The summed E-state index contributed by atoms with van der Waals surface area (Å²) in [6, 6.07) is 5.57. The van der Waals surface area contributed by atoms with Gasteiger partial charge in [0.05, 0.1) is 12.7 Å². The van der Waals surface area contributed by atoms with Crippen LogP contribution in [0.2, 0.25) is 0 Å². The summed E-state index contributed by atoms with van der Waals surface area (Å²) in [5.41, 5.74) is 2.46. The maximum absolute atomic E-state index is 9.28. The van der Waals surface area contributed by atoms with E-state index in [1.54, 1.807) is 6.07 Å². The molecular weight excluding hydrogens is 164 g/mol. The fourth-order valence-electron chi connectivity index (χ4n) is 2.05. The van der Waals surface area contributed by atoms with E-state index in [1.165, 1.54) is 18.4 Å². The van der Waals surface area contributed by atoms with Crippen LogP contribution < -0.4 is 0 Å². The van der Waals surface area contributed by atoms with Gasteiger partial charge in [-0.05, 0) is 42.0 Å². The second kappa shape index (κ2) is 2.48. The minimum Gasteiger partial charge on any atom is -0.508 e. The summed E-state index contributed by atoms with van der Waals surface area (Å²) in [7, 11) is 0. The second-order valence-electron chi connectivity index (χ2n) is 3.95. The maximum Gasteiger partial charge on any atom is 0.115 e. The van der Waals surface area contributed by atoms with Crippen molar-refractivity contribution >= 4 is 0 Å². The van der Waals surface area contributed by atoms with E-state index < -0.39 is 0 Å². The average molecular weight is 176 g/mol. The van der Waals surface area contributed by atoms with Crippen molar-refractivity contribution in [3.63, 3.8) is 0 Å². The van der Waals surface area contributed by atoms with Crippen molar-refractivity contribution in [1.82, 2.24) is 0 Å². The number of hydrogen-bond donors (Lipinski definition) is 1. The number of hydrogen-bond acceptors (Lipinski definition) is 2. The number of rotatable bonds is 1. The molecule has 1 aromatic rings. The quantitative estimate of drug-likeness (QED) is 0.711. The van der Waals surface area contributed by atoms with Gasteiger partial charge in [0.25, 0.3) is 0 Å². The summed E-state index contributed by atoms with van der Waals surface area (Å²) < 4.78 is 5.69. The summed E-state index contributed by atoms with van der Waals surface area (Å²) in [6.45, 7) is 0.672. The zero-order valence-electron chi connectivity index (χ0n) is 7.36. The first-order valence-corrected chi connectivity index (χ1v) is 4.78. The molecule has 2 nitrogen and oxygen atoms in total. The molecule has 0 radical (unpaired) electrons. The van der Waals surface area contributed by atoms with Crippen molar-refractivity contribution in [1.29, 1.82) is 0 Å². The minimum atomic E-state index is 0.315. The van der Waals surface area contributed by atoms with Crippen LogP contribution in [0.4, 0.5) is 0 Å². The van der Waals surface area contributed by atoms with Crippen molar-refractivity contribution in [2.45, 2.75) is 25.6 Å². The van der Waals surface area contributed by atoms with Gasteiger partial charge in [-0.25, -0.2) is 0 Å². The molecule has 0 amide bonds. The van der Waals surface area contributed by atoms with Crippen molar-refractivity contribution in [3.05, 3.63) is 29.3 Å². The first-order chi connectivity index (χ1) is 6.34. The Kier molecular flexibility index (Phi) is 1.41. The molecule has 1 unspecified atom stereocenters. The van der Waals surface area contributed by atoms with Crippen LogP contribution in [-0.4, -0.2) is 5.11 Å². The highest BCUT2D eigenvalue weighted by Gasteiger charge is 2.37. The lowest BCUT2D eigenvalue weighted by Gasteiger charge is -2.08. The zero-order chi connectivity index (χ0) is 8.84. The fourth-order valence-corrected chi connectivity index (χ4v) is 2.05. The lowest BCUT2D eigenvalue weighted by atomic mass is 10.0. The summed E-state index contributed by atoms with van der Waals surface area (Å²) in [5, 5.41) is 9.28. The standard InChI is InChI=1S/C11H12O2/c12-9-3-4-10-8(5-9)6-13-11(10)7-1-2-7/h3-5,7,11-12H,1-2,6H2. The van der Waals surface area contributed by atoms with E-state index in [0.717, 1.165) is 11.5 Å². The van der Waals surface area contributed by atoms with Gasteiger partial charge in [0.15, 0.2) is 0 Å². The van der Waals surface area contributed by atoms with E-state index in [1.807, 2.05) is 12.1 Å². The van der Waals surface area contributed by atoms with Crippen molar-refractivity contribution in [3.8, 4) is 5.75 Å². The third kappa shape index (κ3) is 1.13. The molecule has 1 aliphatic heterocycles. The first kappa shape index (κ1) is 7.39. The highest BCUT2D eigenvalue weighted by molar-refractivity contribution is 5.38. The molecule has 13 heavy (non-hydrogen) atoms. The number of fused-ring (bicyclic) bond motifs is 1. The Morgan fingerprint density at radius 1 is 1.31 bits per heavy atom. The Labute approximate surface area is 77.2 Å². The average Bonchev–Trinajstić information content (AvgIpc) is 2.87. The smallest absolute Gasteiger partial charge is 0.115 e. The molecule has 0 aromatic heterocycles. The highest BCUT2D eigenvalue weighted by atomic mass is 16.5. The Balaban J connectivity index is 2.01. The molecule has 2 heteroatoms. The lowest BCUT2D eigenvalue weighted by molar-refractivity contribution is 0.0506. The van der Waals surface area contributed by atoms with Crippen LogP contribution in [0.5, 0.6) is 5.75 Å². The molecule has 1 heterocycles. The van der Waals surface area contributed by atoms with Gasteiger partial charge in [0.2, 0.25) is 0 Å². The predicted octanol–water partition coefficient (Wildman–Crippen LogP) is 2.37.